The highest BCUT2D eigenvalue weighted by atomic mass is 16.5. The first-order valence-corrected chi connectivity index (χ1v) is 5.23. The van der Waals surface area contributed by atoms with Gasteiger partial charge in [0.1, 0.15) is 5.75 Å². The molecule has 0 aliphatic carbocycles. The Morgan fingerprint density at radius 2 is 2.27 bits per heavy atom. The van der Waals surface area contributed by atoms with Gasteiger partial charge in [-0.15, -0.1) is 6.58 Å². The van der Waals surface area contributed by atoms with E-state index in [0.29, 0.717) is 6.61 Å². The normalized spacial score (nSPS) is 10.0. The van der Waals surface area contributed by atoms with Gasteiger partial charge < -0.3 is 10.1 Å². The van der Waals surface area contributed by atoms with Gasteiger partial charge in [0.05, 0.1) is 6.61 Å². The van der Waals surface area contributed by atoms with Crippen molar-refractivity contribution in [1.29, 1.82) is 0 Å². The molecule has 1 rings (SSSR count). The average Bonchev–Trinajstić information content (AvgIpc) is 2.18. The van der Waals surface area contributed by atoms with Gasteiger partial charge in [-0.05, 0) is 31.7 Å². The molecule has 0 fully saturated rings. The van der Waals surface area contributed by atoms with Gasteiger partial charge in [0.2, 0.25) is 0 Å². The Morgan fingerprint density at radius 3 is 2.93 bits per heavy atom. The lowest BCUT2D eigenvalue weighted by atomic mass is 10.2. The molecule has 1 aromatic carbocycles. The highest BCUT2D eigenvalue weighted by molar-refractivity contribution is 5.28. The van der Waals surface area contributed by atoms with Crippen LogP contribution in [0.2, 0.25) is 0 Å². The first kappa shape index (κ1) is 11.8. The van der Waals surface area contributed by atoms with Crippen molar-refractivity contribution in [3.05, 3.63) is 42.0 Å². The molecule has 0 amide bonds. The molecule has 0 atom stereocenters. The van der Waals surface area contributed by atoms with Crippen LogP contribution in [0.15, 0.2) is 36.4 Å². The Labute approximate surface area is 92.0 Å². The Balaban J connectivity index is 2.46. The molecule has 0 unspecified atom stereocenters. The topological polar surface area (TPSA) is 21.3 Å². The predicted octanol–water partition coefficient (Wildman–Crippen LogP) is 2.75. The van der Waals surface area contributed by atoms with E-state index < -0.39 is 0 Å². The Hall–Kier alpha value is -1.28. The van der Waals surface area contributed by atoms with Gasteiger partial charge in [-0.1, -0.05) is 17.7 Å². The monoisotopic (exact) mass is 205 g/mol. The summed E-state index contributed by atoms with van der Waals surface area (Å²) in [6.45, 7) is 7.44. The van der Waals surface area contributed by atoms with Gasteiger partial charge in [-0.25, -0.2) is 0 Å². The highest BCUT2D eigenvalue weighted by Crippen LogP contribution is 2.13. The molecule has 2 heteroatoms. The van der Waals surface area contributed by atoms with Crippen LogP contribution in [-0.2, 0) is 6.54 Å². The number of hydrogen-bond donors (Lipinski definition) is 1. The standard InChI is InChI=1S/C13H19NO/c1-11(2)7-8-15-13-6-4-5-12(9-13)10-14-3/h4-6,9,14H,1,7-8,10H2,2-3H3. The third-order valence-electron chi connectivity index (χ3n) is 2.08. The zero-order valence-electron chi connectivity index (χ0n) is 9.55. The Morgan fingerprint density at radius 1 is 1.47 bits per heavy atom. The van der Waals surface area contributed by atoms with Crippen LogP contribution in [0.4, 0.5) is 0 Å². The van der Waals surface area contributed by atoms with Crippen LogP contribution in [0.5, 0.6) is 5.75 Å². The first-order valence-electron chi connectivity index (χ1n) is 5.23. The minimum atomic E-state index is 0.707. The number of ether oxygens (including phenoxy) is 1. The molecule has 1 N–H and O–H groups in total. The number of benzene rings is 1. The van der Waals surface area contributed by atoms with E-state index in [1.165, 1.54) is 5.56 Å². The van der Waals surface area contributed by atoms with Gasteiger partial charge in [-0.2, -0.15) is 0 Å². The minimum Gasteiger partial charge on any atom is -0.493 e. The second kappa shape index (κ2) is 6.25. The number of hydrogen-bond acceptors (Lipinski definition) is 2. The molecule has 0 spiro atoms. The molecular formula is C13H19NO. The van der Waals surface area contributed by atoms with Gasteiger partial charge in [0.25, 0.3) is 0 Å². The maximum Gasteiger partial charge on any atom is 0.119 e. The van der Waals surface area contributed by atoms with Crippen molar-refractivity contribution in [1.82, 2.24) is 5.32 Å². The van der Waals surface area contributed by atoms with Crippen LogP contribution in [0.25, 0.3) is 0 Å². The van der Waals surface area contributed by atoms with Crippen molar-refractivity contribution in [2.24, 2.45) is 0 Å². The lowest BCUT2D eigenvalue weighted by Gasteiger charge is -2.07. The Kier molecular flexibility index (Phi) is 4.91. The molecule has 0 bridgehead atoms. The SMILES string of the molecule is C=C(C)CCOc1cccc(CNC)c1. The van der Waals surface area contributed by atoms with Crippen LogP contribution in [0.1, 0.15) is 18.9 Å². The van der Waals surface area contributed by atoms with E-state index in [-0.39, 0.29) is 0 Å². The van der Waals surface area contributed by atoms with Crippen molar-refractivity contribution in [3.63, 3.8) is 0 Å². The summed E-state index contributed by atoms with van der Waals surface area (Å²) in [4.78, 5) is 0. The van der Waals surface area contributed by atoms with E-state index in [0.717, 1.165) is 24.3 Å². The second-order valence-electron chi connectivity index (χ2n) is 3.73. The van der Waals surface area contributed by atoms with Crippen molar-refractivity contribution in [3.8, 4) is 5.75 Å². The number of nitrogens with one attached hydrogen (secondary N) is 1. The molecule has 82 valence electrons. The highest BCUT2D eigenvalue weighted by Gasteiger charge is 1.96. The molecule has 0 radical (unpaired) electrons. The van der Waals surface area contributed by atoms with Crippen molar-refractivity contribution < 1.29 is 4.74 Å². The van der Waals surface area contributed by atoms with E-state index in [4.69, 9.17) is 4.74 Å². The molecular weight excluding hydrogens is 186 g/mol. The van der Waals surface area contributed by atoms with Gasteiger partial charge in [-0.3, -0.25) is 0 Å². The fraction of sp³-hybridized carbons (Fsp3) is 0.385. The van der Waals surface area contributed by atoms with E-state index >= 15 is 0 Å². The largest absolute Gasteiger partial charge is 0.493 e. The molecule has 2 nitrogen and oxygen atoms in total. The van der Waals surface area contributed by atoms with Crippen molar-refractivity contribution in [2.75, 3.05) is 13.7 Å². The van der Waals surface area contributed by atoms with Crippen LogP contribution in [0.3, 0.4) is 0 Å². The summed E-state index contributed by atoms with van der Waals surface area (Å²) in [6.07, 6.45) is 0.913. The fourth-order valence-electron chi connectivity index (χ4n) is 1.29. The average molecular weight is 205 g/mol. The van der Waals surface area contributed by atoms with E-state index in [1.807, 2.05) is 26.1 Å². The maximum absolute atomic E-state index is 5.62. The number of rotatable bonds is 6. The zero-order chi connectivity index (χ0) is 11.1. The maximum atomic E-state index is 5.62. The molecule has 0 aromatic heterocycles. The summed E-state index contributed by atoms with van der Waals surface area (Å²) in [5, 5.41) is 3.12. The predicted molar refractivity (Wildman–Crippen MR) is 64.1 cm³/mol. The van der Waals surface area contributed by atoms with E-state index in [2.05, 4.69) is 24.0 Å². The molecule has 15 heavy (non-hydrogen) atoms. The van der Waals surface area contributed by atoms with Crippen molar-refractivity contribution >= 4 is 0 Å². The van der Waals surface area contributed by atoms with Gasteiger partial charge >= 0.3 is 0 Å². The van der Waals surface area contributed by atoms with Crippen LogP contribution >= 0.6 is 0 Å². The van der Waals surface area contributed by atoms with Gasteiger partial charge in [0, 0.05) is 13.0 Å². The molecule has 0 saturated heterocycles. The molecule has 0 heterocycles. The van der Waals surface area contributed by atoms with Crippen LogP contribution < -0.4 is 10.1 Å². The van der Waals surface area contributed by atoms with Crippen LogP contribution in [-0.4, -0.2) is 13.7 Å². The van der Waals surface area contributed by atoms with E-state index in [9.17, 15) is 0 Å². The van der Waals surface area contributed by atoms with Gasteiger partial charge in [0.15, 0.2) is 0 Å². The lowest BCUT2D eigenvalue weighted by molar-refractivity contribution is 0.321. The lowest BCUT2D eigenvalue weighted by Crippen LogP contribution is -2.05. The zero-order valence-corrected chi connectivity index (χ0v) is 9.55. The van der Waals surface area contributed by atoms with E-state index in [1.54, 1.807) is 0 Å². The molecule has 0 aliphatic heterocycles. The summed E-state index contributed by atoms with van der Waals surface area (Å²) >= 11 is 0. The Bertz CT molecular complexity index is 320. The molecule has 1 aromatic rings. The quantitative estimate of drug-likeness (QED) is 0.721. The first-order chi connectivity index (χ1) is 7.22. The summed E-state index contributed by atoms with van der Waals surface area (Å²) in [7, 11) is 1.94. The third kappa shape index (κ3) is 4.66. The van der Waals surface area contributed by atoms with Crippen LogP contribution in [0, 0.1) is 0 Å². The summed E-state index contributed by atoms with van der Waals surface area (Å²) in [5.74, 6) is 0.934. The third-order valence-corrected chi connectivity index (χ3v) is 2.08. The molecule has 0 aliphatic rings. The fourth-order valence-corrected chi connectivity index (χ4v) is 1.29. The molecule has 0 saturated carbocycles. The second-order valence-corrected chi connectivity index (χ2v) is 3.73. The summed E-state index contributed by atoms with van der Waals surface area (Å²) < 4.78 is 5.62. The van der Waals surface area contributed by atoms with Crippen molar-refractivity contribution in [2.45, 2.75) is 19.9 Å². The smallest absolute Gasteiger partial charge is 0.119 e. The summed E-state index contributed by atoms with van der Waals surface area (Å²) in [5.41, 5.74) is 2.40. The minimum absolute atomic E-state index is 0.707. The summed E-state index contributed by atoms with van der Waals surface area (Å²) in [6, 6.07) is 8.15.